The van der Waals surface area contributed by atoms with Gasteiger partial charge in [0, 0.05) is 24.9 Å². The first kappa shape index (κ1) is 18.7. The normalized spacial score (nSPS) is 21.0. The molecule has 0 aromatic heterocycles. The maximum absolute atomic E-state index is 12.2. The standard InChI is InChI=1S/C20H30N4O2/c1-2-21-20(24-16-8-3-4-9-16)22-14-15-7-5-10-17(13-15)23-19(25)18-11-6-12-26-18/h5,7,10,13,16,18H,2-4,6,8-9,11-12,14H2,1H3,(H,23,25)(H2,21,22,24). The van der Waals surface area contributed by atoms with Crippen molar-refractivity contribution in [2.45, 2.75) is 64.1 Å². The number of hydrogen-bond acceptors (Lipinski definition) is 3. The molecule has 2 fully saturated rings. The van der Waals surface area contributed by atoms with E-state index in [0.29, 0.717) is 19.2 Å². The third-order valence-corrected chi connectivity index (χ3v) is 4.88. The smallest absolute Gasteiger partial charge is 0.253 e. The molecule has 0 spiro atoms. The summed E-state index contributed by atoms with van der Waals surface area (Å²) in [5, 5.41) is 9.79. The van der Waals surface area contributed by atoms with Gasteiger partial charge in [0.1, 0.15) is 6.10 Å². The Morgan fingerprint density at radius 1 is 1.23 bits per heavy atom. The lowest BCUT2D eigenvalue weighted by atomic mass is 10.2. The molecule has 1 saturated carbocycles. The Morgan fingerprint density at radius 3 is 2.81 bits per heavy atom. The van der Waals surface area contributed by atoms with E-state index in [0.717, 1.165) is 36.6 Å². The van der Waals surface area contributed by atoms with E-state index < -0.39 is 0 Å². The molecule has 1 atom stereocenters. The lowest BCUT2D eigenvalue weighted by Crippen LogP contribution is -2.42. The number of nitrogens with zero attached hydrogens (tertiary/aromatic N) is 1. The second-order valence-corrected chi connectivity index (χ2v) is 7.01. The van der Waals surface area contributed by atoms with Gasteiger partial charge in [0.2, 0.25) is 0 Å². The number of aliphatic imine (C=N–C) groups is 1. The number of ether oxygens (including phenoxy) is 1. The highest BCUT2D eigenvalue weighted by atomic mass is 16.5. The van der Waals surface area contributed by atoms with Crippen molar-refractivity contribution in [3.05, 3.63) is 29.8 Å². The minimum Gasteiger partial charge on any atom is -0.368 e. The van der Waals surface area contributed by atoms with Crippen LogP contribution in [0.25, 0.3) is 0 Å². The fourth-order valence-corrected chi connectivity index (χ4v) is 3.51. The number of carbonyl (C=O) groups excluding carboxylic acids is 1. The van der Waals surface area contributed by atoms with E-state index in [1.807, 2.05) is 24.3 Å². The first-order valence-electron chi connectivity index (χ1n) is 9.81. The van der Waals surface area contributed by atoms with Gasteiger partial charge in [-0.1, -0.05) is 25.0 Å². The molecule has 6 heteroatoms. The van der Waals surface area contributed by atoms with Crippen LogP contribution in [0.5, 0.6) is 0 Å². The van der Waals surface area contributed by atoms with Crippen LogP contribution >= 0.6 is 0 Å². The van der Waals surface area contributed by atoms with Crippen molar-refractivity contribution in [1.82, 2.24) is 10.6 Å². The van der Waals surface area contributed by atoms with Crippen LogP contribution in [0.3, 0.4) is 0 Å². The van der Waals surface area contributed by atoms with Gasteiger partial charge < -0.3 is 20.7 Å². The van der Waals surface area contributed by atoms with Gasteiger partial charge in [-0.05, 0) is 50.3 Å². The van der Waals surface area contributed by atoms with Gasteiger partial charge in [-0.15, -0.1) is 0 Å². The summed E-state index contributed by atoms with van der Waals surface area (Å²) in [5.74, 6) is 0.813. The SMILES string of the molecule is CCNC(=NCc1cccc(NC(=O)C2CCCO2)c1)NC1CCCC1. The Kier molecular flexibility index (Phi) is 6.89. The van der Waals surface area contributed by atoms with Gasteiger partial charge in [-0.3, -0.25) is 4.79 Å². The molecule has 1 aliphatic heterocycles. The molecular formula is C20H30N4O2. The largest absolute Gasteiger partial charge is 0.368 e. The van der Waals surface area contributed by atoms with Crippen LogP contribution in [0, 0.1) is 0 Å². The van der Waals surface area contributed by atoms with Crippen LogP contribution in [-0.4, -0.2) is 37.2 Å². The van der Waals surface area contributed by atoms with Crippen LogP contribution in [0.1, 0.15) is 51.0 Å². The van der Waals surface area contributed by atoms with Gasteiger partial charge in [-0.2, -0.15) is 0 Å². The fourth-order valence-electron chi connectivity index (χ4n) is 3.51. The monoisotopic (exact) mass is 358 g/mol. The minimum absolute atomic E-state index is 0.0561. The molecule has 1 amide bonds. The topological polar surface area (TPSA) is 74.8 Å². The minimum atomic E-state index is -0.312. The molecule has 26 heavy (non-hydrogen) atoms. The van der Waals surface area contributed by atoms with Crippen molar-refractivity contribution in [2.24, 2.45) is 4.99 Å². The Labute approximate surface area is 155 Å². The molecule has 1 heterocycles. The van der Waals surface area contributed by atoms with Crippen LogP contribution < -0.4 is 16.0 Å². The average Bonchev–Trinajstić information content (AvgIpc) is 3.34. The molecule has 3 rings (SSSR count). The van der Waals surface area contributed by atoms with Crippen LogP contribution in [0.15, 0.2) is 29.3 Å². The third kappa shape index (κ3) is 5.46. The number of amides is 1. The molecule has 1 saturated heterocycles. The first-order chi connectivity index (χ1) is 12.7. The third-order valence-electron chi connectivity index (χ3n) is 4.88. The predicted molar refractivity (Wildman–Crippen MR) is 104 cm³/mol. The molecule has 1 aliphatic carbocycles. The number of carbonyl (C=O) groups is 1. The Balaban J connectivity index is 1.58. The number of nitrogens with one attached hydrogen (secondary N) is 3. The average molecular weight is 358 g/mol. The molecule has 1 aromatic rings. The predicted octanol–water partition coefficient (Wildman–Crippen LogP) is 2.80. The van der Waals surface area contributed by atoms with E-state index in [2.05, 4.69) is 22.9 Å². The summed E-state index contributed by atoms with van der Waals surface area (Å²) in [4.78, 5) is 16.9. The van der Waals surface area contributed by atoms with Crippen LogP contribution in [0.2, 0.25) is 0 Å². The summed E-state index contributed by atoms with van der Waals surface area (Å²) in [5.41, 5.74) is 1.87. The summed E-state index contributed by atoms with van der Waals surface area (Å²) >= 11 is 0. The second kappa shape index (κ2) is 9.57. The lowest BCUT2D eigenvalue weighted by Gasteiger charge is -2.16. The molecular weight excluding hydrogens is 328 g/mol. The maximum atomic E-state index is 12.2. The van der Waals surface area contributed by atoms with Crippen LogP contribution in [0.4, 0.5) is 5.69 Å². The van der Waals surface area contributed by atoms with E-state index in [9.17, 15) is 4.79 Å². The van der Waals surface area contributed by atoms with E-state index in [4.69, 9.17) is 9.73 Å². The molecule has 0 bridgehead atoms. The van der Waals surface area contributed by atoms with Gasteiger partial charge in [0.15, 0.2) is 5.96 Å². The van der Waals surface area contributed by atoms with Gasteiger partial charge in [0.25, 0.3) is 5.91 Å². The van der Waals surface area contributed by atoms with Crippen molar-refractivity contribution < 1.29 is 9.53 Å². The van der Waals surface area contributed by atoms with Crippen molar-refractivity contribution in [2.75, 3.05) is 18.5 Å². The van der Waals surface area contributed by atoms with Gasteiger partial charge in [-0.25, -0.2) is 4.99 Å². The van der Waals surface area contributed by atoms with E-state index in [-0.39, 0.29) is 12.0 Å². The molecule has 3 N–H and O–H groups in total. The molecule has 1 unspecified atom stereocenters. The summed E-state index contributed by atoms with van der Waals surface area (Å²) in [7, 11) is 0. The molecule has 142 valence electrons. The molecule has 2 aliphatic rings. The number of benzene rings is 1. The second-order valence-electron chi connectivity index (χ2n) is 7.01. The highest BCUT2D eigenvalue weighted by Gasteiger charge is 2.23. The summed E-state index contributed by atoms with van der Waals surface area (Å²) in [6.07, 6.45) is 6.47. The van der Waals surface area contributed by atoms with E-state index >= 15 is 0 Å². The van der Waals surface area contributed by atoms with E-state index in [1.54, 1.807) is 0 Å². The maximum Gasteiger partial charge on any atom is 0.253 e. The summed E-state index contributed by atoms with van der Waals surface area (Å²) in [6, 6.07) is 8.40. The zero-order valence-electron chi connectivity index (χ0n) is 15.6. The molecule has 6 nitrogen and oxygen atoms in total. The van der Waals surface area contributed by atoms with Crippen molar-refractivity contribution in [3.63, 3.8) is 0 Å². The zero-order chi connectivity index (χ0) is 18.2. The Morgan fingerprint density at radius 2 is 2.08 bits per heavy atom. The number of guanidine groups is 1. The van der Waals surface area contributed by atoms with E-state index in [1.165, 1.54) is 25.7 Å². The highest BCUT2D eigenvalue weighted by Crippen LogP contribution is 2.18. The van der Waals surface area contributed by atoms with Crippen LogP contribution in [-0.2, 0) is 16.1 Å². The Hall–Kier alpha value is -2.08. The van der Waals surface area contributed by atoms with Gasteiger partial charge in [0.05, 0.1) is 6.54 Å². The van der Waals surface area contributed by atoms with Crippen molar-refractivity contribution in [3.8, 4) is 0 Å². The Bertz CT molecular complexity index is 620. The molecule has 0 radical (unpaired) electrons. The first-order valence-corrected chi connectivity index (χ1v) is 9.81. The fraction of sp³-hybridized carbons (Fsp3) is 0.600. The quantitative estimate of drug-likeness (QED) is 0.540. The number of hydrogen-bond donors (Lipinski definition) is 3. The highest BCUT2D eigenvalue weighted by molar-refractivity contribution is 5.94. The molecule has 1 aromatic carbocycles. The summed E-state index contributed by atoms with van der Waals surface area (Å²) < 4.78 is 5.44. The van der Waals surface area contributed by atoms with Crippen molar-refractivity contribution >= 4 is 17.6 Å². The lowest BCUT2D eigenvalue weighted by molar-refractivity contribution is -0.124. The summed E-state index contributed by atoms with van der Waals surface area (Å²) in [6.45, 7) is 4.17. The van der Waals surface area contributed by atoms with Crippen molar-refractivity contribution in [1.29, 1.82) is 0 Å². The van der Waals surface area contributed by atoms with Gasteiger partial charge >= 0.3 is 0 Å². The number of anilines is 1. The number of rotatable bonds is 6. The zero-order valence-corrected chi connectivity index (χ0v) is 15.6.